The molecule has 3 nitrogen and oxygen atoms in total. The first kappa shape index (κ1) is 14.4. The summed E-state index contributed by atoms with van der Waals surface area (Å²) in [7, 11) is 0. The maximum Gasteiger partial charge on any atom is 0.304 e. The Morgan fingerprint density at radius 2 is 1.73 bits per heavy atom. The van der Waals surface area contributed by atoms with Gasteiger partial charge in [-0.3, -0.25) is 9.69 Å². The summed E-state index contributed by atoms with van der Waals surface area (Å²) in [5.41, 5.74) is 0. The third-order valence-electron chi connectivity index (χ3n) is 2.78. The van der Waals surface area contributed by atoms with Crippen molar-refractivity contribution in [2.75, 3.05) is 6.54 Å². The molecule has 0 aliphatic carbocycles. The van der Waals surface area contributed by atoms with Gasteiger partial charge in [0.2, 0.25) is 0 Å². The average Bonchev–Trinajstić information content (AvgIpc) is 2.01. The van der Waals surface area contributed by atoms with Crippen molar-refractivity contribution in [2.24, 2.45) is 5.92 Å². The standard InChI is InChI=1S/C12H25NO2/c1-6-13(10(4)7-9(2)3)11(5)8-12(14)15/h9-11H,6-8H2,1-5H3,(H,14,15). The van der Waals surface area contributed by atoms with Gasteiger partial charge in [-0.2, -0.15) is 0 Å². The molecule has 0 amide bonds. The van der Waals surface area contributed by atoms with Gasteiger partial charge in [0.05, 0.1) is 6.42 Å². The zero-order valence-corrected chi connectivity index (χ0v) is 10.7. The molecule has 0 fully saturated rings. The van der Waals surface area contributed by atoms with Gasteiger partial charge in [0, 0.05) is 12.1 Å². The third kappa shape index (κ3) is 5.78. The third-order valence-corrected chi connectivity index (χ3v) is 2.78. The maximum atomic E-state index is 10.6. The van der Waals surface area contributed by atoms with E-state index in [4.69, 9.17) is 5.11 Å². The number of rotatable bonds is 7. The van der Waals surface area contributed by atoms with E-state index in [2.05, 4.69) is 32.6 Å². The van der Waals surface area contributed by atoms with E-state index in [1.807, 2.05) is 6.92 Å². The number of aliphatic carboxylic acids is 1. The Balaban J connectivity index is 4.26. The molecule has 0 saturated carbocycles. The van der Waals surface area contributed by atoms with Crippen LogP contribution in [-0.2, 0) is 4.79 Å². The molecular formula is C12H25NO2. The first-order valence-corrected chi connectivity index (χ1v) is 5.86. The van der Waals surface area contributed by atoms with Gasteiger partial charge in [0.25, 0.3) is 0 Å². The Bertz CT molecular complexity index is 192. The predicted octanol–water partition coefficient (Wildman–Crippen LogP) is 2.61. The van der Waals surface area contributed by atoms with Gasteiger partial charge in [-0.1, -0.05) is 20.8 Å². The Labute approximate surface area is 93.5 Å². The van der Waals surface area contributed by atoms with Crippen molar-refractivity contribution < 1.29 is 9.90 Å². The second kappa shape index (κ2) is 6.83. The summed E-state index contributed by atoms with van der Waals surface area (Å²) in [6.45, 7) is 11.6. The second-order valence-corrected chi connectivity index (χ2v) is 4.76. The predicted molar refractivity (Wildman–Crippen MR) is 63.0 cm³/mol. The SMILES string of the molecule is CCN(C(C)CC(=O)O)C(C)CC(C)C. The van der Waals surface area contributed by atoms with E-state index in [-0.39, 0.29) is 12.5 Å². The molecule has 0 aromatic carbocycles. The van der Waals surface area contributed by atoms with Gasteiger partial charge in [-0.15, -0.1) is 0 Å². The van der Waals surface area contributed by atoms with Gasteiger partial charge in [-0.05, 0) is 32.7 Å². The molecule has 90 valence electrons. The minimum Gasteiger partial charge on any atom is -0.481 e. The molecule has 2 unspecified atom stereocenters. The monoisotopic (exact) mass is 215 g/mol. The number of carbonyl (C=O) groups is 1. The van der Waals surface area contributed by atoms with Gasteiger partial charge in [0.15, 0.2) is 0 Å². The van der Waals surface area contributed by atoms with Gasteiger partial charge in [-0.25, -0.2) is 0 Å². The minimum atomic E-state index is -0.710. The van der Waals surface area contributed by atoms with Crippen molar-refractivity contribution in [1.82, 2.24) is 4.90 Å². The molecule has 0 aromatic rings. The van der Waals surface area contributed by atoms with Crippen molar-refractivity contribution in [1.29, 1.82) is 0 Å². The molecule has 0 aliphatic rings. The highest BCUT2D eigenvalue weighted by atomic mass is 16.4. The first-order chi connectivity index (χ1) is 6.88. The molecule has 0 heterocycles. The van der Waals surface area contributed by atoms with E-state index in [1.54, 1.807) is 0 Å². The highest BCUT2D eigenvalue weighted by Crippen LogP contribution is 2.15. The van der Waals surface area contributed by atoms with Gasteiger partial charge >= 0.3 is 5.97 Å². The maximum absolute atomic E-state index is 10.6. The molecule has 0 aliphatic heterocycles. The summed E-state index contributed by atoms with van der Waals surface area (Å²) in [5.74, 6) is -0.0521. The fourth-order valence-corrected chi connectivity index (χ4v) is 2.25. The van der Waals surface area contributed by atoms with E-state index in [1.165, 1.54) is 0 Å². The topological polar surface area (TPSA) is 40.5 Å². The molecule has 3 heteroatoms. The van der Waals surface area contributed by atoms with Crippen LogP contribution in [0.25, 0.3) is 0 Å². The van der Waals surface area contributed by atoms with Crippen LogP contribution in [-0.4, -0.2) is 34.6 Å². The van der Waals surface area contributed by atoms with E-state index in [9.17, 15) is 4.79 Å². The van der Waals surface area contributed by atoms with Crippen molar-refractivity contribution in [3.05, 3.63) is 0 Å². The molecule has 1 N–H and O–H groups in total. The summed E-state index contributed by atoms with van der Waals surface area (Å²) in [4.78, 5) is 12.9. The number of hydrogen-bond donors (Lipinski definition) is 1. The highest BCUT2D eigenvalue weighted by Gasteiger charge is 2.20. The van der Waals surface area contributed by atoms with Crippen LogP contribution in [0.2, 0.25) is 0 Å². The second-order valence-electron chi connectivity index (χ2n) is 4.76. The summed E-state index contributed by atoms with van der Waals surface area (Å²) in [6.07, 6.45) is 1.36. The largest absolute Gasteiger partial charge is 0.481 e. The van der Waals surface area contributed by atoms with Crippen LogP contribution in [0, 0.1) is 5.92 Å². The number of hydrogen-bond acceptors (Lipinski definition) is 2. The van der Waals surface area contributed by atoms with Gasteiger partial charge in [0.1, 0.15) is 0 Å². The Morgan fingerprint density at radius 3 is 2.07 bits per heavy atom. The molecule has 0 spiro atoms. The molecule has 0 radical (unpaired) electrons. The normalized spacial score (nSPS) is 15.7. The fourth-order valence-electron chi connectivity index (χ4n) is 2.25. The van der Waals surface area contributed by atoms with E-state index in [0.717, 1.165) is 13.0 Å². The number of nitrogens with zero attached hydrogens (tertiary/aromatic N) is 1. The fraction of sp³-hybridized carbons (Fsp3) is 0.917. The molecule has 0 saturated heterocycles. The summed E-state index contributed by atoms with van der Waals surface area (Å²) >= 11 is 0. The van der Waals surface area contributed by atoms with Gasteiger partial charge < -0.3 is 5.11 Å². The van der Waals surface area contributed by atoms with Crippen LogP contribution in [0.3, 0.4) is 0 Å². The van der Waals surface area contributed by atoms with E-state index in [0.29, 0.717) is 12.0 Å². The van der Waals surface area contributed by atoms with Crippen LogP contribution in [0.4, 0.5) is 0 Å². The molecule has 15 heavy (non-hydrogen) atoms. The molecule has 0 aromatic heterocycles. The first-order valence-electron chi connectivity index (χ1n) is 5.86. The number of carboxylic acid groups (broad SMARTS) is 1. The van der Waals surface area contributed by atoms with E-state index >= 15 is 0 Å². The zero-order valence-electron chi connectivity index (χ0n) is 10.7. The Morgan fingerprint density at radius 1 is 1.20 bits per heavy atom. The lowest BCUT2D eigenvalue weighted by atomic mass is 10.0. The van der Waals surface area contributed by atoms with Crippen molar-refractivity contribution in [3.63, 3.8) is 0 Å². The average molecular weight is 215 g/mol. The highest BCUT2D eigenvalue weighted by molar-refractivity contribution is 5.67. The smallest absolute Gasteiger partial charge is 0.304 e. The Kier molecular flexibility index (Phi) is 6.57. The molecule has 2 atom stereocenters. The van der Waals surface area contributed by atoms with E-state index < -0.39 is 5.97 Å². The summed E-state index contributed by atoms with van der Waals surface area (Å²) in [5, 5.41) is 8.77. The van der Waals surface area contributed by atoms with Crippen LogP contribution < -0.4 is 0 Å². The molecule has 0 bridgehead atoms. The quantitative estimate of drug-likeness (QED) is 0.709. The number of carboxylic acids is 1. The van der Waals surface area contributed by atoms with Crippen molar-refractivity contribution >= 4 is 5.97 Å². The summed E-state index contributed by atoms with van der Waals surface area (Å²) < 4.78 is 0. The summed E-state index contributed by atoms with van der Waals surface area (Å²) in [6, 6.07) is 0.589. The Hall–Kier alpha value is -0.570. The van der Waals surface area contributed by atoms with Crippen molar-refractivity contribution in [2.45, 2.75) is 59.5 Å². The van der Waals surface area contributed by atoms with Crippen molar-refractivity contribution in [3.8, 4) is 0 Å². The van der Waals surface area contributed by atoms with Crippen LogP contribution in [0.15, 0.2) is 0 Å². The lowest BCUT2D eigenvalue weighted by molar-refractivity contribution is -0.138. The molecular weight excluding hydrogens is 190 g/mol. The van der Waals surface area contributed by atoms with Crippen LogP contribution in [0.5, 0.6) is 0 Å². The zero-order chi connectivity index (χ0) is 12.0. The van der Waals surface area contributed by atoms with Crippen LogP contribution in [0.1, 0.15) is 47.5 Å². The lowest BCUT2D eigenvalue weighted by Crippen LogP contribution is -2.41. The molecule has 0 rings (SSSR count). The minimum absolute atomic E-state index is 0.126. The lowest BCUT2D eigenvalue weighted by Gasteiger charge is -2.33. The van der Waals surface area contributed by atoms with Crippen LogP contribution >= 0.6 is 0 Å².